The molecule has 96 valence electrons. The first kappa shape index (κ1) is 12.7. The summed E-state index contributed by atoms with van der Waals surface area (Å²) in [6.07, 6.45) is 1.50. The van der Waals surface area contributed by atoms with Gasteiger partial charge in [-0.3, -0.25) is 14.9 Å². The minimum atomic E-state index is -0.300. The number of carbonyl (C=O) groups excluding carboxylic acids is 2. The normalized spacial score (nSPS) is 15.0. The van der Waals surface area contributed by atoms with Crippen LogP contribution >= 0.6 is 11.3 Å². The highest BCUT2D eigenvalue weighted by molar-refractivity contribution is 7.15. The maximum absolute atomic E-state index is 11.9. The van der Waals surface area contributed by atoms with Crippen molar-refractivity contribution in [1.82, 2.24) is 10.4 Å². The predicted octanol–water partition coefficient (Wildman–Crippen LogP) is 1.22. The van der Waals surface area contributed by atoms with Crippen molar-refractivity contribution in [2.24, 2.45) is 5.10 Å². The Labute approximate surface area is 108 Å². The Kier molecular flexibility index (Phi) is 3.71. The molecule has 0 radical (unpaired) electrons. The zero-order chi connectivity index (χ0) is 13.1. The SMILES string of the molecule is CCc1nc(NC(=O)C2=NNC(=O)CC2)sc1C. The fourth-order valence-electron chi connectivity index (χ4n) is 1.62. The summed E-state index contributed by atoms with van der Waals surface area (Å²) in [6, 6.07) is 0. The standard InChI is InChI=1S/C11H14N4O2S/c1-3-7-6(2)18-11(12-7)13-10(17)8-4-5-9(16)15-14-8/h3-5H2,1-2H3,(H,15,16)(H,12,13,17). The third-order valence-electron chi connectivity index (χ3n) is 2.61. The van der Waals surface area contributed by atoms with Gasteiger partial charge in [-0.15, -0.1) is 11.3 Å². The second kappa shape index (κ2) is 5.26. The van der Waals surface area contributed by atoms with Crippen molar-refractivity contribution in [3.63, 3.8) is 0 Å². The summed E-state index contributed by atoms with van der Waals surface area (Å²) in [4.78, 5) is 28.2. The van der Waals surface area contributed by atoms with Crippen molar-refractivity contribution in [2.75, 3.05) is 5.32 Å². The molecule has 2 heterocycles. The van der Waals surface area contributed by atoms with Crippen molar-refractivity contribution in [2.45, 2.75) is 33.1 Å². The van der Waals surface area contributed by atoms with E-state index in [-0.39, 0.29) is 11.8 Å². The van der Waals surface area contributed by atoms with Crippen LogP contribution in [-0.4, -0.2) is 22.5 Å². The molecule has 6 nitrogen and oxygen atoms in total. The second-order valence-corrected chi connectivity index (χ2v) is 5.13. The van der Waals surface area contributed by atoms with E-state index in [0.717, 1.165) is 17.0 Å². The van der Waals surface area contributed by atoms with Gasteiger partial charge in [-0.2, -0.15) is 5.10 Å². The van der Waals surface area contributed by atoms with Crippen LogP contribution in [0.4, 0.5) is 5.13 Å². The smallest absolute Gasteiger partial charge is 0.273 e. The minimum Gasteiger partial charge on any atom is -0.297 e. The van der Waals surface area contributed by atoms with E-state index in [1.54, 1.807) is 0 Å². The highest BCUT2D eigenvalue weighted by atomic mass is 32.1. The number of thiazole rings is 1. The van der Waals surface area contributed by atoms with Gasteiger partial charge in [0.05, 0.1) is 5.69 Å². The van der Waals surface area contributed by atoms with E-state index in [2.05, 4.69) is 20.8 Å². The van der Waals surface area contributed by atoms with Gasteiger partial charge in [-0.25, -0.2) is 10.4 Å². The Balaban J connectivity index is 2.04. The van der Waals surface area contributed by atoms with Gasteiger partial charge >= 0.3 is 0 Å². The number of anilines is 1. The molecule has 1 aliphatic rings. The molecule has 1 aliphatic heterocycles. The lowest BCUT2D eigenvalue weighted by Gasteiger charge is -2.10. The van der Waals surface area contributed by atoms with Crippen LogP contribution in [0.5, 0.6) is 0 Å². The molecule has 2 N–H and O–H groups in total. The number of aromatic nitrogens is 1. The first-order valence-electron chi connectivity index (χ1n) is 5.73. The number of hydrazone groups is 1. The molecule has 1 aromatic heterocycles. The second-order valence-electron chi connectivity index (χ2n) is 3.92. The van der Waals surface area contributed by atoms with E-state index in [1.807, 2.05) is 13.8 Å². The largest absolute Gasteiger partial charge is 0.297 e. The monoisotopic (exact) mass is 266 g/mol. The van der Waals surface area contributed by atoms with Crippen LogP contribution in [0.25, 0.3) is 0 Å². The topological polar surface area (TPSA) is 83.4 Å². The molecule has 0 spiro atoms. The fourth-order valence-corrected chi connectivity index (χ4v) is 2.51. The lowest BCUT2D eigenvalue weighted by molar-refractivity contribution is -0.121. The summed E-state index contributed by atoms with van der Waals surface area (Å²) in [5.74, 6) is -0.462. The Morgan fingerprint density at radius 1 is 1.50 bits per heavy atom. The zero-order valence-electron chi connectivity index (χ0n) is 10.2. The number of nitrogens with zero attached hydrogens (tertiary/aromatic N) is 2. The number of rotatable bonds is 3. The number of hydrogen-bond acceptors (Lipinski definition) is 5. The zero-order valence-corrected chi connectivity index (χ0v) is 11.1. The number of aryl methyl sites for hydroxylation is 2. The van der Waals surface area contributed by atoms with Gasteiger partial charge in [-0.1, -0.05) is 6.92 Å². The van der Waals surface area contributed by atoms with Crippen LogP contribution in [0.2, 0.25) is 0 Å². The maximum Gasteiger partial charge on any atom is 0.273 e. The lowest BCUT2D eigenvalue weighted by Crippen LogP contribution is -2.32. The Morgan fingerprint density at radius 3 is 2.83 bits per heavy atom. The molecule has 2 amide bonds. The molecule has 0 fully saturated rings. The third kappa shape index (κ3) is 2.73. The Hall–Kier alpha value is -1.76. The molecule has 18 heavy (non-hydrogen) atoms. The molecule has 0 bridgehead atoms. The predicted molar refractivity (Wildman–Crippen MR) is 69.7 cm³/mol. The van der Waals surface area contributed by atoms with Gasteiger partial charge in [-0.05, 0) is 13.3 Å². The van der Waals surface area contributed by atoms with E-state index in [4.69, 9.17) is 0 Å². The molecule has 1 aromatic rings. The van der Waals surface area contributed by atoms with Gasteiger partial charge in [0.25, 0.3) is 5.91 Å². The molecular formula is C11H14N4O2S. The molecule has 2 rings (SSSR count). The first-order chi connectivity index (χ1) is 8.60. The van der Waals surface area contributed by atoms with Gasteiger partial charge in [0.2, 0.25) is 5.91 Å². The number of carbonyl (C=O) groups is 2. The van der Waals surface area contributed by atoms with Crippen LogP contribution in [0.3, 0.4) is 0 Å². The third-order valence-corrected chi connectivity index (χ3v) is 3.54. The minimum absolute atomic E-state index is 0.162. The Bertz CT molecular complexity index is 521. The molecule has 0 saturated heterocycles. The molecule has 7 heteroatoms. The molecular weight excluding hydrogens is 252 g/mol. The first-order valence-corrected chi connectivity index (χ1v) is 6.55. The van der Waals surface area contributed by atoms with Crippen molar-refractivity contribution >= 4 is 34.0 Å². The summed E-state index contributed by atoms with van der Waals surface area (Å²) >= 11 is 1.45. The summed E-state index contributed by atoms with van der Waals surface area (Å²) in [5.41, 5.74) is 3.63. The molecule has 0 aliphatic carbocycles. The van der Waals surface area contributed by atoms with Crippen molar-refractivity contribution < 1.29 is 9.59 Å². The lowest BCUT2D eigenvalue weighted by atomic mass is 10.2. The molecule has 0 aromatic carbocycles. The van der Waals surface area contributed by atoms with Crippen LogP contribution < -0.4 is 10.7 Å². The average molecular weight is 266 g/mol. The average Bonchev–Trinajstić information content (AvgIpc) is 2.70. The molecule has 0 saturated carbocycles. The summed E-state index contributed by atoms with van der Waals surface area (Å²) in [5, 5.41) is 7.02. The summed E-state index contributed by atoms with van der Waals surface area (Å²) < 4.78 is 0. The highest BCUT2D eigenvalue weighted by Gasteiger charge is 2.19. The van der Waals surface area contributed by atoms with Crippen LogP contribution in [-0.2, 0) is 16.0 Å². The van der Waals surface area contributed by atoms with E-state index in [0.29, 0.717) is 23.7 Å². The van der Waals surface area contributed by atoms with Gasteiger partial charge in [0.1, 0.15) is 5.71 Å². The van der Waals surface area contributed by atoms with E-state index in [1.165, 1.54) is 11.3 Å². The molecule has 0 unspecified atom stereocenters. The van der Waals surface area contributed by atoms with Gasteiger partial charge < -0.3 is 0 Å². The van der Waals surface area contributed by atoms with Crippen molar-refractivity contribution in [3.05, 3.63) is 10.6 Å². The van der Waals surface area contributed by atoms with E-state index in [9.17, 15) is 9.59 Å². The maximum atomic E-state index is 11.9. The number of hydrogen-bond donors (Lipinski definition) is 2. The highest BCUT2D eigenvalue weighted by Crippen LogP contribution is 2.22. The Morgan fingerprint density at radius 2 is 2.28 bits per heavy atom. The van der Waals surface area contributed by atoms with E-state index >= 15 is 0 Å². The number of amides is 2. The van der Waals surface area contributed by atoms with Crippen LogP contribution in [0.15, 0.2) is 5.10 Å². The van der Waals surface area contributed by atoms with Crippen molar-refractivity contribution in [1.29, 1.82) is 0 Å². The fraction of sp³-hybridized carbons (Fsp3) is 0.455. The van der Waals surface area contributed by atoms with E-state index < -0.39 is 0 Å². The quantitative estimate of drug-likeness (QED) is 0.862. The van der Waals surface area contributed by atoms with Crippen molar-refractivity contribution in [3.8, 4) is 0 Å². The molecule has 0 atom stereocenters. The number of nitrogens with one attached hydrogen (secondary N) is 2. The van der Waals surface area contributed by atoms with Gasteiger partial charge in [0.15, 0.2) is 5.13 Å². The summed E-state index contributed by atoms with van der Waals surface area (Å²) in [7, 11) is 0. The van der Waals surface area contributed by atoms with Crippen LogP contribution in [0, 0.1) is 6.92 Å². The van der Waals surface area contributed by atoms with Gasteiger partial charge in [0, 0.05) is 17.7 Å². The summed E-state index contributed by atoms with van der Waals surface area (Å²) in [6.45, 7) is 4.00. The van der Waals surface area contributed by atoms with Crippen LogP contribution in [0.1, 0.15) is 30.3 Å².